The second-order valence-electron chi connectivity index (χ2n) is 6.79. The summed E-state index contributed by atoms with van der Waals surface area (Å²) >= 11 is 6.12. The highest BCUT2D eigenvalue weighted by Gasteiger charge is 2.19. The van der Waals surface area contributed by atoms with E-state index in [0.717, 1.165) is 22.2 Å². The van der Waals surface area contributed by atoms with E-state index in [-0.39, 0.29) is 18.3 Å². The molecule has 0 saturated heterocycles. The molecule has 0 aliphatic heterocycles. The molecular formula is C22H20ClN3O3. The van der Waals surface area contributed by atoms with Crippen molar-refractivity contribution in [2.75, 3.05) is 7.05 Å². The van der Waals surface area contributed by atoms with Crippen LogP contribution >= 0.6 is 11.6 Å². The average molecular weight is 410 g/mol. The van der Waals surface area contributed by atoms with E-state index >= 15 is 0 Å². The van der Waals surface area contributed by atoms with Gasteiger partial charge in [0, 0.05) is 14.1 Å². The zero-order valence-electron chi connectivity index (χ0n) is 16.1. The molecule has 2 heterocycles. The number of amides is 1. The van der Waals surface area contributed by atoms with Crippen LogP contribution in [0.5, 0.6) is 5.75 Å². The van der Waals surface area contributed by atoms with E-state index in [4.69, 9.17) is 20.8 Å². The Hall–Kier alpha value is -3.25. The van der Waals surface area contributed by atoms with Gasteiger partial charge in [-0.1, -0.05) is 41.9 Å². The second-order valence-corrected chi connectivity index (χ2v) is 7.19. The first-order valence-electron chi connectivity index (χ1n) is 9.13. The molecule has 4 aromatic rings. The molecule has 1 amide bonds. The maximum Gasteiger partial charge on any atom is 0.289 e. The fraction of sp³-hybridized carbons (Fsp3) is 0.182. The Bertz CT molecular complexity index is 1150. The number of ether oxygens (including phenoxy) is 1. The molecule has 0 atom stereocenters. The summed E-state index contributed by atoms with van der Waals surface area (Å²) in [5, 5.41) is 6.87. The van der Waals surface area contributed by atoms with Gasteiger partial charge in [-0.25, -0.2) is 0 Å². The number of benzene rings is 2. The predicted octanol–water partition coefficient (Wildman–Crippen LogP) is 4.67. The van der Waals surface area contributed by atoms with Crippen LogP contribution in [0.15, 0.2) is 65.2 Å². The maximum atomic E-state index is 12.6. The van der Waals surface area contributed by atoms with Crippen LogP contribution in [0.1, 0.15) is 22.0 Å². The molecule has 6 nitrogen and oxygen atoms in total. The highest BCUT2D eigenvalue weighted by atomic mass is 35.5. The average Bonchev–Trinajstić information content (AvgIpc) is 3.33. The molecule has 4 rings (SSSR count). The monoisotopic (exact) mass is 409 g/mol. The van der Waals surface area contributed by atoms with Gasteiger partial charge in [0.05, 0.1) is 23.5 Å². The third-order valence-electron chi connectivity index (χ3n) is 4.72. The number of halogens is 1. The van der Waals surface area contributed by atoms with Crippen molar-refractivity contribution in [3.8, 4) is 5.75 Å². The van der Waals surface area contributed by atoms with Gasteiger partial charge >= 0.3 is 0 Å². The number of carbonyl (C=O) groups is 1. The van der Waals surface area contributed by atoms with Crippen molar-refractivity contribution in [3.63, 3.8) is 0 Å². The first-order chi connectivity index (χ1) is 14.0. The van der Waals surface area contributed by atoms with Crippen LogP contribution in [-0.4, -0.2) is 27.6 Å². The zero-order valence-corrected chi connectivity index (χ0v) is 16.9. The predicted molar refractivity (Wildman–Crippen MR) is 111 cm³/mol. The van der Waals surface area contributed by atoms with Crippen LogP contribution in [0.4, 0.5) is 0 Å². The Morgan fingerprint density at radius 2 is 1.97 bits per heavy atom. The summed E-state index contributed by atoms with van der Waals surface area (Å²) in [6, 6.07) is 17.4. The molecule has 0 fully saturated rings. The first-order valence-corrected chi connectivity index (χ1v) is 9.51. The summed E-state index contributed by atoms with van der Waals surface area (Å²) in [6.07, 6.45) is 1.56. The third-order valence-corrected chi connectivity index (χ3v) is 5.03. The van der Waals surface area contributed by atoms with Gasteiger partial charge in [0.25, 0.3) is 5.91 Å². The van der Waals surface area contributed by atoms with E-state index in [1.807, 2.05) is 36.4 Å². The van der Waals surface area contributed by atoms with Crippen LogP contribution < -0.4 is 4.74 Å². The molecule has 2 aromatic heterocycles. The Morgan fingerprint density at radius 1 is 1.17 bits per heavy atom. The number of hydrogen-bond acceptors (Lipinski definition) is 4. The Morgan fingerprint density at radius 3 is 2.72 bits per heavy atom. The molecule has 0 saturated carbocycles. The van der Waals surface area contributed by atoms with Gasteiger partial charge in [-0.2, -0.15) is 5.10 Å². The Labute approximate surface area is 173 Å². The minimum absolute atomic E-state index is 0.237. The van der Waals surface area contributed by atoms with Crippen LogP contribution in [0.3, 0.4) is 0 Å². The molecule has 29 heavy (non-hydrogen) atoms. The van der Waals surface area contributed by atoms with Crippen LogP contribution in [0.25, 0.3) is 10.8 Å². The summed E-state index contributed by atoms with van der Waals surface area (Å²) in [4.78, 5) is 14.2. The Kier molecular flexibility index (Phi) is 5.27. The van der Waals surface area contributed by atoms with E-state index in [9.17, 15) is 4.79 Å². The SMILES string of the molecule is CN(Cc1c(Cl)cnn1C)C(=O)c1ccc(COc2ccc3ccccc3c2)o1. The van der Waals surface area contributed by atoms with E-state index in [1.165, 1.54) is 4.90 Å². The Balaban J connectivity index is 1.40. The number of nitrogens with zero attached hydrogens (tertiary/aromatic N) is 3. The summed E-state index contributed by atoms with van der Waals surface area (Å²) in [6.45, 7) is 0.570. The van der Waals surface area contributed by atoms with E-state index in [1.54, 1.807) is 37.1 Å². The quantitative estimate of drug-likeness (QED) is 0.464. The number of fused-ring (bicyclic) bond motifs is 1. The van der Waals surface area contributed by atoms with Crippen LogP contribution in [-0.2, 0) is 20.2 Å². The minimum atomic E-state index is -0.237. The molecule has 0 unspecified atom stereocenters. The lowest BCUT2D eigenvalue weighted by Gasteiger charge is -2.16. The van der Waals surface area contributed by atoms with Crippen LogP contribution in [0.2, 0.25) is 5.02 Å². The third kappa shape index (κ3) is 4.12. The first kappa shape index (κ1) is 19.1. The number of aryl methyl sites for hydroxylation is 1. The van der Waals surface area contributed by atoms with E-state index < -0.39 is 0 Å². The van der Waals surface area contributed by atoms with Gasteiger partial charge in [-0.15, -0.1) is 0 Å². The normalized spacial score (nSPS) is 11.0. The molecule has 0 spiro atoms. The second kappa shape index (κ2) is 8.01. The number of rotatable bonds is 6. The van der Waals surface area contributed by atoms with E-state index in [0.29, 0.717) is 17.3 Å². The maximum absolute atomic E-state index is 12.6. The minimum Gasteiger partial charge on any atom is -0.486 e. The molecular weight excluding hydrogens is 390 g/mol. The smallest absolute Gasteiger partial charge is 0.289 e. The highest BCUT2D eigenvalue weighted by molar-refractivity contribution is 6.31. The van der Waals surface area contributed by atoms with Crippen molar-refractivity contribution >= 4 is 28.3 Å². The van der Waals surface area contributed by atoms with Gasteiger partial charge in [0.15, 0.2) is 5.76 Å². The zero-order chi connectivity index (χ0) is 20.4. The van der Waals surface area contributed by atoms with E-state index in [2.05, 4.69) is 11.2 Å². The molecule has 0 bridgehead atoms. The highest BCUT2D eigenvalue weighted by Crippen LogP contribution is 2.22. The molecule has 0 aliphatic rings. The number of hydrogen-bond donors (Lipinski definition) is 0. The molecule has 0 aliphatic carbocycles. The van der Waals surface area contributed by atoms with Gasteiger partial charge in [-0.05, 0) is 35.0 Å². The molecule has 148 valence electrons. The van der Waals surface area contributed by atoms with Gasteiger partial charge < -0.3 is 14.1 Å². The van der Waals surface area contributed by atoms with Crippen LogP contribution in [0, 0.1) is 0 Å². The van der Waals surface area contributed by atoms with Crippen molar-refractivity contribution < 1.29 is 13.9 Å². The molecule has 7 heteroatoms. The van der Waals surface area contributed by atoms with Gasteiger partial charge in [0.1, 0.15) is 18.1 Å². The largest absolute Gasteiger partial charge is 0.486 e. The number of carbonyl (C=O) groups excluding carboxylic acids is 1. The molecule has 2 aromatic carbocycles. The number of aromatic nitrogens is 2. The van der Waals surface area contributed by atoms with Gasteiger partial charge in [-0.3, -0.25) is 9.48 Å². The molecule has 0 radical (unpaired) electrons. The summed E-state index contributed by atoms with van der Waals surface area (Å²) in [7, 11) is 3.48. The standard InChI is InChI=1S/C22H20ClN3O3/c1-25(13-20-19(23)12-24-26(20)2)22(27)21-10-9-18(29-21)14-28-17-8-7-15-5-3-4-6-16(15)11-17/h3-12H,13-14H2,1-2H3. The lowest BCUT2D eigenvalue weighted by Crippen LogP contribution is -2.27. The van der Waals surface area contributed by atoms with Gasteiger partial charge in [0.2, 0.25) is 0 Å². The molecule has 0 N–H and O–H groups in total. The van der Waals surface area contributed by atoms with Crippen molar-refractivity contribution in [1.29, 1.82) is 0 Å². The lowest BCUT2D eigenvalue weighted by atomic mass is 10.1. The van der Waals surface area contributed by atoms with Crippen molar-refractivity contribution in [1.82, 2.24) is 14.7 Å². The lowest BCUT2D eigenvalue weighted by molar-refractivity contribution is 0.0746. The summed E-state index contributed by atoms with van der Waals surface area (Å²) in [5.41, 5.74) is 0.758. The fourth-order valence-electron chi connectivity index (χ4n) is 3.08. The van der Waals surface area contributed by atoms with Crippen molar-refractivity contribution in [2.45, 2.75) is 13.2 Å². The summed E-state index contributed by atoms with van der Waals surface area (Å²) in [5.74, 6) is 1.34. The fourth-order valence-corrected chi connectivity index (χ4v) is 3.31. The van der Waals surface area contributed by atoms with Crippen molar-refractivity contribution in [3.05, 3.63) is 83.0 Å². The topological polar surface area (TPSA) is 60.5 Å². The number of furan rings is 1. The van der Waals surface area contributed by atoms with Crippen molar-refractivity contribution in [2.24, 2.45) is 7.05 Å². The summed E-state index contributed by atoms with van der Waals surface area (Å²) < 4.78 is 13.2.